The predicted octanol–water partition coefficient (Wildman–Crippen LogP) is 2.92. The third-order valence-electron chi connectivity index (χ3n) is 6.68. The first-order valence-corrected chi connectivity index (χ1v) is 9.75. The zero-order chi connectivity index (χ0) is 19.0. The van der Waals surface area contributed by atoms with Gasteiger partial charge in [-0.05, 0) is 67.2 Å². The SMILES string of the molecule is Cc1cc(OC(=O)CN2C(=O)[C@@H]3[C@H]4C=C[C@@H]([C@@H]5C[C@H]45)[C@@H]3C2=O)cc(C)c1Cl. The lowest BCUT2D eigenvalue weighted by Gasteiger charge is -2.37. The summed E-state index contributed by atoms with van der Waals surface area (Å²) in [6, 6.07) is 3.36. The number of imide groups is 1. The van der Waals surface area contributed by atoms with E-state index in [2.05, 4.69) is 12.2 Å². The number of rotatable bonds is 3. The summed E-state index contributed by atoms with van der Waals surface area (Å²) < 4.78 is 5.38. The van der Waals surface area contributed by atoms with E-state index in [1.165, 1.54) is 0 Å². The van der Waals surface area contributed by atoms with E-state index < -0.39 is 5.97 Å². The van der Waals surface area contributed by atoms with Crippen LogP contribution in [0, 0.1) is 49.4 Å². The van der Waals surface area contributed by atoms with Gasteiger partial charge in [0, 0.05) is 5.02 Å². The Labute approximate surface area is 162 Å². The molecule has 5 aliphatic rings. The number of amides is 2. The van der Waals surface area contributed by atoms with Gasteiger partial charge in [0.05, 0.1) is 11.8 Å². The first-order valence-electron chi connectivity index (χ1n) is 9.38. The van der Waals surface area contributed by atoms with Crippen LogP contribution in [0.15, 0.2) is 24.3 Å². The summed E-state index contributed by atoms with van der Waals surface area (Å²) in [5, 5.41) is 0.630. The van der Waals surface area contributed by atoms with Crippen LogP contribution in [0.25, 0.3) is 0 Å². The standard InChI is InChI=1S/C21H20ClNO4/c1-9-5-11(6-10(2)19(9)22)27-16(24)8-23-20(25)17-12-3-4-13(15-7-14(12)15)18(17)21(23)26/h3-6,12-15,17-18H,7-8H2,1-2H3/t12-,13-,14-,15+,17-,18+/m0/s1. The molecule has 2 bridgehead atoms. The van der Waals surface area contributed by atoms with E-state index in [0.29, 0.717) is 22.6 Å². The lowest BCUT2D eigenvalue weighted by Crippen LogP contribution is -2.40. The number of aryl methyl sites for hydroxylation is 2. The third-order valence-corrected chi connectivity index (χ3v) is 7.28. The highest BCUT2D eigenvalue weighted by atomic mass is 35.5. The van der Waals surface area contributed by atoms with Gasteiger partial charge in [0.25, 0.3) is 0 Å². The van der Waals surface area contributed by atoms with Crippen molar-refractivity contribution in [3.8, 4) is 5.75 Å². The summed E-state index contributed by atoms with van der Waals surface area (Å²) in [7, 11) is 0. The number of likely N-dealkylation sites (tertiary alicyclic amines) is 1. The molecule has 5 nitrogen and oxygen atoms in total. The van der Waals surface area contributed by atoms with E-state index in [-0.39, 0.29) is 42.0 Å². The Balaban J connectivity index is 1.32. The molecular formula is C21H20ClNO4. The average molecular weight is 386 g/mol. The summed E-state index contributed by atoms with van der Waals surface area (Å²) >= 11 is 6.14. The molecular weight excluding hydrogens is 366 g/mol. The molecule has 1 heterocycles. The number of carbonyl (C=O) groups excluding carboxylic acids is 3. The molecule has 6 atom stereocenters. The van der Waals surface area contributed by atoms with E-state index in [0.717, 1.165) is 22.4 Å². The normalized spacial score (nSPS) is 35.3. The number of nitrogens with zero attached hydrogens (tertiary/aromatic N) is 1. The van der Waals surface area contributed by atoms with Gasteiger partial charge in [0.15, 0.2) is 0 Å². The molecule has 0 aromatic heterocycles. The van der Waals surface area contributed by atoms with Gasteiger partial charge >= 0.3 is 5.97 Å². The van der Waals surface area contributed by atoms with E-state index in [9.17, 15) is 14.4 Å². The van der Waals surface area contributed by atoms with Crippen molar-refractivity contribution in [1.29, 1.82) is 0 Å². The number of hydrogen-bond donors (Lipinski definition) is 0. The number of esters is 1. The second-order valence-electron chi connectivity index (χ2n) is 8.26. The molecule has 6 rings (SSSR count). The molecule has 1 aromatic rings. The van der Waals surface area contributed by atoms with E-state index in [1.807, 2.05) is 13.8 Å². The van der Waals surface area contributed by atoms with Gasteiger partial charge in [0.2, 0.25) is 11.8 Å². The minimum Gasteiger partial charge on any atom is -0.425 e. The maximum atomic E-state index is 12.9. The number of allylic oxidation sites excluding steroid dienone is 2. The molecule has 1 aromatic carbocycles. The molecule has 2 saturated carbocycles. The van der Waals surface area contributed by atoms with Gasteiger partial charge in [-0.3, -0.25) is 14.5 Å². The van der Waals surface area contributed by atoms with Gasteiger partial charge in [-0.1, -0.05) is 23.8 Å². The zero-order valence-electron chi connectivity index (χ0n) is 15.1. The molecule has 0 N–H and O–H groups in total. The fraction of sp³-hybridized carbons (Fsp3) is 0.476. The monoisotopic (exact) mass is 385 g/mol. The largest absolute Gasteiger partial charge is 0.425 e. The number of carbonyl (C=O) groups is 3. The quantitative estimate of drug-likeness (QED) is 0.347. The highest BCUT2D eigenvalue weighted by Gasteiger charge is 2.67. The molecule has 6 heteroatoms. The Morgan fingerprint density at radius 1 is 1.07 bits per heavy atom. The van der Waals surface area contributed by atoms with Crippen molar-refractivity contribution in [1.82, 2.24) is 4.90 Å². The van der Waals surface area contributed by atoms with Crippen molar-refractivity contribution < 1.29 is 19.1 Å². The van der Waals surface area contributed by atoms with Crippen molar-refractivity contribution in [2.24, 2.45) is 35.5 Å². The van der Waals surface area contributed by atoms with Gasteiger partial charge in [-0.2, -0.15) is 0 Å². The van der Waals surface area contributed by atoms with E-state index in [1.54, 1.807) is 12.1 Å². The van der Waals surface area contributed by atoms with Crippen molar-refractivity contribution in [2.75, 3.05) is 6.54 Å². The third kappa shape index (κ3) is 2.40. The lowest BCUT2D eigenvalue weighted by molar-refractivity contribution is -0.148. The lowest BCUT2D eigenvalue weighted by atomic mass is 9.63. The van der Waals surface area contributed by atoms with Crippen LogP contribution in [0.4, 0.5) is 0 Å². The molecule has 1 aliphatic heterocycles. The Kier molecular flexibility index (Phi) is 3.57. The average Bonchev–Trinajstić information content (AvgIpc) is 3.41. The van der Waals surface area contributed by atoms with Crippen LogP contribution in [-0.2, 0) is 14.4 Å². The number of ether oxygens (including phenoxy) is 1. The summed E-state index contributed by atoms with van der Waals surface area (Å²) in [5.74, 6) is 0.169. The second kappa shape index (κ2) is 5.68. The maximum Gasteiger partial charge on any atom is 0.331 e. The zero-order valence-corrected chi connectivity index (χ0v) is 15.9. The second-order valence-corrected chi connectivity index (χ2v) is 8.64. The predicted molar refractivity (Wildman–Crippen MR) is 98.0 cm³/mol. The van der Waals surface area contributed by atoms with Gasteiger partial charge < -0.3 is 4.74 Å². The van der Waals surface area contributed by atoms with Crippen LogP contribution < -0.4 is 4.74 Å². The van der Waals surface area contributed by atoms with Crippen LogP contribution in [0.3, 0.4) is 0 Å². The van der Waals surface area contributed by atoms with Crippen molar-refractivity contribution in [2.45, 2.75) is 20.3 Å². The summed E-state index contributed by atoms with van der Waals surface area (Å²) in [5.41, 5.74) is 1.61. The van der Waals surface area contributed by atoms with Gasteiger partial charge in [-0.25, -0.2) is 4.79 Å². The molecule has 4 aliphatic carbocycles. The fourth-order valence-corrected chi connectivity index (χ4v) is 5.54. The fourth-order valence-electron chi connectivity index (χ4n) is 5.43. The van der Waals surface area contributed by atoms with Crippen LogP contribution >= 0.6 is 11.6 Å². The van der Waals surface area contributed by atoms with Crippen LogP contribution in [0.1, 0.15) is 17.5 Å². The maximum absolute atomic E-state index is 12.9. The summed E-state index contributed by atoms with van der Waals surface area (Å²) in [6.45, 7) is 3.33. The van der Waals surface area contributed by atoms with Crippen molar-refractivity contribution in [3.63, 3.8) is 0 Å². The van der Waals surface area contributed by atoms with Crippen molar-refractivity contribution >= 4 is 29.4 Å². The molecule has 0 spiro atoms. The highest BCUT2D eigenvalue weighted by Crippen LogP contribution is 2.65. The number of halogens is 1. The van der Waals surface area contributed by atoms with E-state index in [4.69, 9.17) is 16.3 Å². The first kappa shape index (κ1) is 17.0. The van der Waals surface area contributed by atoms with E-state index >= 15 is 0 Å². The van der Waals surface area contributed by atoms with Gasteiger partial charge in [0.1, 0.15) is 12.3 Å². The first-order chi connectivity index (χ1) is 12.9. The van der Waals surface area contributed by atoms with Crippen LogP contribution in [-0.4, -0.2) is 29.2 Å². The summed E-state index contributed by atoms with van der Waals surface area (Å²) in [6.07, 6.45) is 5.35. The smallest absolute Gasteiger partial charge is 0.331 e. The minimum absolute atomic E-state index is 0.157. The number of hydrogen-bond acceptors (Lipinski definition) is 4. The Hall–Kier alpha value is -2.14. The molecule has 140 valence electrons. The summed E-state index contributed by atoms with van der Waals surface area (Å²) in [4.78, 5) is 39.3. The van der Waals surface area contributed by atoms with Gasteiger partial charge in [-0.15, -0.1) is 0 Å². The molecule has 3 fully saturated rings. The Morgan fingerprint density at radius 2 is 1.59 bits per heavy atom. The highest BCUT2D eigenvalue weighted by molar-refractivity contribution is 6.32. The van der Waals surface area contributed by atoms with Crippen molar-refractivity contribution in [3.05, 3.63) is 40.4 Å². The molecule has 2 amide bonds. The topological polar surface area (TPSA) is 63.7 Å². The van der Waals surface area contributed by atoms with Crippen LogP contribution in [0.2, 0.25) is 5.02 Å². The molecule has 27 heavy (non-hydrogen) atoms. The minimum atomic E-state index is -0.609. The molecule has 0 radical (unpaired) electrons. The van der Waals surface area contributed by atoms with Crippen LogP contribution in [0.5, 0.6) is 5.75 Å². The molecule has 0 unspecified atom stereocenters. The molecule has 1 saturated heterocycles. The number of benzene rings is 1. The Morgan fingerprint density at radius 3 is 2.11 bits per heavy atom. The Bertz CT molecular complexity index is 864.